The molecule has 0 aliphatic carbocycles. The van der Waals surface area contributed by atoms with Gasteiger partial charge in [-0.05, 0) is 26.7 Å². The quantitative estimate of drug-likeness (QED) is 0.879. The van der Waals surface area contributed by atoms with Crippen LogP contribution in [0.4, 0.5) is 0 Å². The lowest BCUT2D eigenvalue weighted by atomic mass is 9.82. The van der Waals surface area contributed by atoms with Gasteiger partial charge in [0, 0.05) is 20.0 Å². The monoisotopic (exact) mass is 266 g/mol. The van der Waals surface area contributed by atoms with Gasteiger partial charge in [-0.2, -0.15) is 0 Å². The predicted octanol–water partition coefficient (Wildman–Crippen LogP) is 1.62. The van der Waals surface area contributed by atoms with Gasteiger partial charge < -0.3 is 14.4 Å². The molecular formula is C13H18N2O4. The summed E-state index contributed by atoms with van der Waals surface area (Å²) in [6.07, 6.45) is 1.27. The standard InChI is InChI=1S/C13H18N2O4/c1-8-10(19-9(2)14-8)11(16)15-6-4-5-13(3,7-15)12(17)18/h4-7H2,1-3H3,(H,17,18). The van der Waals surface area contributed by atoms with Gasteiger partial charge in [-0.15, -0.1) is 0 Å². The fourth-order valence-electron chi connectivity index (χ4n) is 2.46. The van der Waals surface area contributed by atoms with Crippen molar-refractivity contribution in [3.63, 3.8) is 0 Å². The molecule has 1 atom stereocenters. The number of carbonyl (C=O) groups excluding carboxylic acids is 1. The minimum atomic E-state index is -0.878. The summed E-state index contributed by atoms with van der Waals surface area (Å²) in [6, 6.07) is 0. The SMILES string of the molecule is Cc1nc(C)c(C(=O)N2CCCC(C)(C(=O)O)C2)o1. The molecule has 1 aromatic rings. The van der Waals surface area contributed by atoms with Crippen LogP contribution in [0.15, 0.2) is 4.42 Å². The van der Waals surface area contributed by atoms with Gasteiger partial charge in [0.15, 0.2) is 5.89 Å². The lowest BCUT2D eigenvalue weighted by Crippen LogP contribution is -2.48. The Morgan fingerprint density at radius 3 is 2.63 bits per heavy atom. The van der Waals surface area contributed by atoms with Crippen LogP contribution in [0.25, 0.3) is 0 Å². The number of aromatic nitrogens is 1. The van der Waals surface area contributed by atoms with Crippen molar-refractivity contribution in [3.8, 4) is 0 Å². The molecule has 1 saturated heterocycles. The van der Waals surface area contributed by atoms with Crippen molar-refractivity contribution < 1.29 is 19.1 Å². The number of carboxylic acid groups (broad SMARTS) is 1. The second kappa shape index (κ2) is 4.68. The zero-order valence-corrected chi connectivity index (χ0v) is 11.4. The van der Waals surface area contributed by atoms with E-state index in [0.29, 0.717) is 31.0 Å². The highest BCUT2D eigenvalue weighted by atomic mass is 16.4. The fraction of sp³-hybridized carbons (Fsp3) is 0.615. The van der Waals surface area contributed by atoms with Gasteiger partial charge in [-0.1, -0.05) is 0 Å². The highest BCUT2D eigenvalue weighted by Crippen LogP contribution is 2.30. The lowest BCUT2D eigenvalue weighted by molar-refractivity contribution is -0.150. The molecule has 0 saturated carbocycles. The van der Waals surface area contributed by atoms with Crippen LogP contribution in [0, 0.1) is 19.3 Å². The molecule has 1 aromatic heterocycles. The highest BCUT2D eigenvalue weighted by molar-refractivity contribution is 5.93. The zero-order chi connectivity index (χ0) is 14.2. The lowest BCUT2D eigenvalue weighted by Gasteiger charge is -2.37. The maximum Gasteiger partial charge on any atom is 0.311 e. The van der Waals surface area contributed by atoms with E-state index in [9.17, 15) is 14.7 Å². The van der Waals surface area contributed by atoms with E-state index in [1.807, 2.05) is 0 Å². The van der Waals surface area contributed by atoms with Crippen molar-refractivity contribution in [2.75, 3.05) is 13.1 Å². The first-order chi connectivity index (χ1) is 8.83. The molecule has 6 nitrogen and oxygen atoms in total. The first-order valence-electron chi connectivity index (χ1n) is 6.30. The number of piperidine rings is 1. The van der Waals surface area contributed by atoms with Gasteiger partial charge in [-0.3, -0.25) is 9.59 Å². The normalized spacial score (nSPS) is 23.4. The summed E-state index contributed by atoms with van der Waals surface area (Å²) < 4.78 is 5.31. The maximum atomic E-state index is 12.3. The number of hydrogen-bond donors (Lipinski definition) is 1. The van der Waals surface area contributed by atoms with Crippen molar-refractivity contribution in [3.05, 3.63) is 17.3 Å². The molecule has 104 valence electrons. The molecule has 6 heteroatoms. The minimum Gasteiger partial charge on any atom is -0.481 e. The Kier molecular flexibility index (Phi) is 3.34. The van der Waals surface area contributed by atoms with Crippen LogP contribution in [0.5, 0.6) is 0 Å². The predicted molar refractivity (Wildman–Crippen MR) is 66.9 cm³/mol. The summed E-state index contributed by atoms with van der Waals surface area (Å²) in [6.45, 7) is 5.83. The first-order valence-corrected chi connectivity index (χ1v) is 6.30. The van der Waals surface area contributed by atoms with E-state index in [2.05, 4.69) is 4.98 Å². The Labute approximate surface area is 111 Å². The summed E-state index contributed by atoms with van der Waals surface area (Å²) >= 11 is 0. The van der Waals surface area contributed by atoms with Gasteiger partial charge in [0.1, 0.15) is 0 Å². The van der Waals surface area contributed by atoms with Crippen LogP contribution in [0.3, 0.4) is 0 Å². The third-order valence-electron chi connectivity index (χ3n) is 3.60. The smallest absolute Gasteiger partial charge is 0.311 e. The fourth-order valence-corrected chi connectivity index (χ4v) is 2.46. The Hall–Kier alpha value is -1.85. The largest absolute Gasteiger partial charge is 0.481 e. The Bertz CT molecular complexity index is 523. The number of aryl methyl sites for hydroxylation is 2. The highest BCUT2D eigenvalue weighted by Gasteiger charge is 2.40. The molecular weight excluding hydrogens is 248 g/mol. The van der Waals surface area contributed by atoms with E-state index in [-0.39, 0.29) is 18.2 Å². The Morgan fingerprint density at radius 2 is 2.11 bits per heavy atom. The molecule has 1 N–H and O–H groups in total. The number of hydrogen-bond acceptors (Lipinski definition) is 4. The summed E-state index contributed by atoms with van der Waals surface area (Å²) in [4.78, 5) is 29.2. The molecule has 0 radical (unpaired) electrons. The summed E-state index contributed by atoms with van der Waals surface area (Å²) in [5, 5.41) is 9.25. The molecule has 2 rings (SSSR count). The molecule has 19 heavy (non-hydrogen) atoms. The van der Waals surface area contributed by atoms with E-state index in [4.69, 9.17) is 4.42 Å². The van der Waals surface area contributed by atoms with Crippen molar-refractivity contribution in [2.24, 2.45) is 5.41 Å². The molecule has 1 amide bonds. The number of carbonyl (C=O) groups is 2. The van der Waals surface area contributed by atoms with Gasteiger partial charge in [-0.25, -0.2) is 4.98 Å². The van der Waals surface area contributed by atoms with Crippen LogP contribution in [0.2, 0.25) is 0 Å². The van der Waals surface area contributed by atoms with E-state index in [0.717, 1.165) is 0 Å². The number of likely N-dealkylation sites (tertiary alicyclic amines) is 1. The molecule has 1 unspecified atom stereocenters. The van der Waals surface area contributed by atoms with E-state index < -0.39 is 11.4 Å². The number of aliphatic carboxylic acids is 1. The van der Waals surface area contributed by atoms with Crippen LogP contribution in [-0.2, 0) is 4.79 Å². The number of rotatable bonds is 2. The average Bonchev–Trinajstić information content (AvgIpc) is 2.67. The summed E-state index contributed by atoms with van der Waals surface area (Å²) in [5.41, 5.74) is -0.332. The van der Waals surface area contributed by atoms with Crippen molar-refractivity contribution in [1.29, 1.82) is 0 Å². The number of nitrogens with zero attached hydrogens (tertiary/aromatic N) is 2. The topological polar surface area (TPSA) is 83.6 Å². The third-order valence-corrected chi connectivity index (χ3v) is 3.60. The van der Waals surface area contributed by atoms with Gasteiger partial charge in [0.05, 0.1) is 11.1 Å². The van der Waals surface area contributed by atoms with Crippen LogP contribution >= 0.6 is 0 Å². The van der Waals surface area contributed by atoms with Crippen LogP contribution < -0.4 is 0 Å². The molecule has 1 fully saturated rings. The van der Waals surface area contributed by atoms with Gasteiger partial charge >= 0.3 is 5.97 Å². The average molecular weight is 266 g/mol. The van der Waals surface area contributed by atoms with Gasteiger partial charge in [0.2, 0.25) is 5.76 Å². The second-order valence-electron chi connectivity index (χ2n) is 5.34. The molecule has 1 aliphatic rings. The van der Waals surface area contributed by atoms with E-state index in [1.165, 1.54) is 0 Å². The number of carboxylic acids is 1. The summed E-state index contributed by atoms with van der Waals surface area (Å²) in [7, 11) is 0. The Morgan fingerprint density at radius 1 is 1.42 bits per heavy atom. The maximum absolute atomic E-state index is 12.3. The van der Waals surface area contributed by atoms with Crippen molar-refractivity contribution in [1.82, 2.24) is 9.88 Å². The molecule has 0 spiro atoms. The minimum absolute atomic E-state index is 0.209. The van der Waals surface area contributed by atoms with E-state index >= 15 is 0 Å². The van der Waals surface area contributed by atoms with Crippen LogP contribution in [-0.4, -0.2) is 40.0 Å². The Balaban J connectivity index is 2.20. The van der Waals surface area contributed by atoms with Crippen molar-refractivity contribution >= 4 is 11.9 Å². The van der Waals surface area contributed by atoms with Crippen molar-refractivity contribution in [2.45, 2.75) is 33.6 Å². The van der Waals surface area contributed by atoms with Gasteiger partial charge in [0.25, 0.3) is 5.91 Å². The third kappa shape index (κ3) is 2.47. The molecule has 2 heterocycles. The second-order valence-corrected chi connectivity index (χ2v) is 5.34. The number of oxazole rings is 1. The summed E-state index contributed by atoms with van der Waals surface area (Å²) in [5.74, 6) is -0.480. The van der Waals surface area contributed by atoms with E-state index in [1.54, 1.807) is 25.7 Å². The molecule has 1 aliphatic heterocycles. The first kappa shape index (κ1) is 13.6. The molecule has 0 aromatic carbocycles. The molecule has 0 bridgehead atoms. The number of amides is 1. The zero-order valence-electron chi connectivity index (χ0n) is 11.4. The van der Waals surface area contributed by atoms with Crippen LogP contribution in [0.1, 0.15) is 41.9 Å².